The van der Waals surface area contributed by atoms with Crippen molar-refractivity contribution in [3.05, 3.63) is 59.7 Å². The number of hydrogen-bond acceptors (Lipinski definition) is 3. The second kappa shape index (κ2) is 8.04. The van der Waals surface area contributed by atoms with Gasteiger partial charge in [-0.05, 0) is 61.2 Å². The summed E-state index contributed by atoms with van der Waals surface area (Å²) >= 11 is 0. The van der Waals surface area contributed by atoms with Crippen molar-refractivity contribution in [3.63, 3.8) is 0 Å². The molecule has 2 amide bonds. The number of ether oxygens (including phenoxy) is 1. The SMILES string of the molecule is CCc1ccc(C(=O)N2CCCC2C(=O)Nc2ccc(OC)cc2)cc1. The lowest BCUT2D eigenvalue weighted by atomic mass is 10.1. The molecule has 1 atom stereocenters. The molecule has 0 radical (unpaired) electrons. The molecular formula is C21H24N2O3. The minimum Gasteiger partial charge on any atom is -0.497 e. The Balaban J connectivity index is 1.69. The van der Waals surface area contributed by atoms with Crippen LogP contribution in [0.3, 0.4) is 0 Å². The summed E-state index contributed by atoms with van der Waals surface area (Å²) in [6.45, 7) is 2.69. The summed E-state index contributed by atoms with van der Waals surface area (Å²) in [5.41, 5.74) is 2.52. The summed E-state index contributed by atoms with van der Waals surface area (Å²) in [6.07, 6.45) is 2.45. The molecule has 1 unspecified atom stereocenters. The maximum atomic E-state index is 12.8. The molecule has 1 fully saturated rings. The molecule has 136 valence electrons. The first-order valence-electron chi connectivity index (χ1n) is 8.97. The number of nitrogens with zero attached hydrogens (tertiary/aromatic N) is 1. The van der Waals surface area contributed by atoms with Crippen LogP contribution in [0, 0.1) is 0 Å². The Kier molecular flexibility index (Phi) is 5.56. The summed E-state index contributed by atoms with van der Waals surface area (Å²) < 4.78 is 5.12. The summed E-state index contributed by atoms with van der Waals surface area (Å²) in [5, 5.41) is 2.90. The van der Waals surface area contributed by atoms with Gasteiger partial charge in [0.15, 0.2) is 0 Å². The van der Waals surface area contributed by atoms with E-state index in [1.165, 1.54) is 5.56 Å². The first kappa shape index (κ1) is 18.0. The largest absolute Gasteiger partial charge is 0.497 e. The van der Waals surface area contributed by atoms with Gasteiger partial charge in [-0.15, -0.1) is 0 Å². The van der Waals surface area contributed by atoms with Gasteiger partial charge in [0.1, 0.15) is 11.8 Å². The fraction of sp³-hybridized carbons (Fsp3) is 0.333. The van der Waals surface area contributed by atoms with Crippen molar-refractivity contribution >= 4 is 17.5 Å². The van der Waals surface area contributed by atoms with Crippen LogP contribution in [0.4, 0.5) is 5.69 Å². The molecule has 1 N–H and O–H groups in total. The van der Waals surface area contributed by atoms with Crippen LogP contribution in [0.15, 0.2) is 48.5 Å². The fourth-order valence-electron chi connectivity index (χ4n) is 3.23. The highest BCUT2D eigenvalue weighted by molar-refractivity contribution is 6.01. The number of nitrogens with one attached hydrogen (secondary N) is 1. The lowest BCUT2D eigenvalue weighted by Crippen LogP contribution is -2.43. The predicted molar refractivity (Wildman–Crippen MR) is 102 cm³/mol. The molecule has 1 aliphatic rings. The highest BCUT2D eigenvalue weighted by atomic mass is 16.5. The quantitative estimate of drug-likeness (QED) is 0.896. The van der Waals surface area contributed by atoms with Crippen LogP contribution in [-0.4, -0.2) is 36.4 Å². The number of amides is 2. The smallest absolute Gasteiger partial charge is 0.254 e. The second-order valence-corrected chi connectivity index (χ2v) is 6.42. The predicted octanol–water partition coefficient (Wildman–Crippen LogP) is 3.50. The highest BCUT2D eigenvalue weighted by Crippen LogP contribution is 2.23. The van der Waals surface area contributed by atoms with E-state index in [1.807, 2.05) is 24.3 Å². The first-order valence-corrected chi connectivity index (χ1v) is 8.97. The van der Waals surface area contributed by atoms with E-state index in [4.69, 9.17) is 4.74 Å². The van der Waals surface area contributed by atoms with Gasteiger partial charge in [-0.3, -0.25) is 9.59 Å². The molecule has 2 aromatic rings. The molecule has 0 spiro atoms. The number of hydrogen-bond donors (Lipinski definition) is 1. The third-order valence-electron chi connectivity index (χ3n) is 4.78. The van der Waals surface area contributed by atoms with Gasteiger partial charge in [0.2, 0.25) is 5.91 Å². The normalized spacial score (nSPS) is 16.4. The van der Waals surface area contributed by atoms with Crippen molar-refractivity contribution in [2.24, 2.45) is 0 Å². The molecule has 0 aliphatic carbocycles. The van der Waals surface area contributed by atoms with E-state index in [9.17, 15) is 9.59 Å². The van der Waals surface area contributed by atoms with Gasteiger partial charge in [-0.25, -0.2) is 0 Å². The Hall–Kier alpha value is -2.82. The number of methoxy groups -OCH3 is 1. The molecule has 5 nitrogen and oxygen atoms in total. The van der Waals surface area contributed by atoms with Gasteiger partial charge in [0, 0.05) is 17.8 Å². The number of aryl methyl sites for hydroxylation is 1. The van der Waals surface area contributed by atoms with Gasteiger partial charge in [0.25, 0.3) is 5.91 Å². The maximum Gasteiger partial charge on any atom is 0.254 e. The summed E-state index contributed by atoms with van der Waals surface area (Å²) in [6, 6.07) is 14.4. The molecule has 0 bridgehead atoms. The summed E-state index contributed by atoms with van der Waals surface area (Å²) in [4.78, 5) is 27.2. The van der Waals surface area contributed by atoms with E-state index in [-0.39, 0.29) is 11.8 Å². The van der Waals surface area contributed by atoms with E-state index < -0.39 is 6.04 Å². The number of rotatable bonds is 5. The van der Waals surface area contributed by atoms with Crippen LogP contribution in [-0.2, 0) is 11.2 Å². The molecular weight excluding hydrogens is 328 g/mol. The van der Waals surface area contributed by atoms with Crippen LogP contribution < -0.4 is 10.1 Å². The highest BCUT2D eigenvalue weighted by Gasteiger charge is 2.34. The molecule has 1 aliphatic heterocycles. The lowest BCUT2D eigenvalue weighted by molar-refractivity contribution is -0.119. The number of carbonyl (C=O) groups is 2. The van der Waals surface area contributed by atoms with Crippen LogP contribution in [0.1, 0.15) is 35.7 Å². The monoisotopic (exact) mass is 352 g/mol. The number of benzene rings is 2. The Labute approximate surface area is 154 Å². The number of carbonyl (C=O) groups excluding carboxylic acids is 2. The minimum atomic E-state index is -0.435. The lowest BCUT2D eigenvalue weighted by Gasteiger charge is -2.24. The van der Waals surface area contributed by atoms with Crippen LogP contribution in [0.5, 0.6) is 5.75 Å². The molecule has 1 saturated heterocycles. The van der Waals surface area contributed by atoms with Crippen LogP contribution in [0.25, 0.3) is 0 Å². The van der Waals surface area contributed by atoms with Crippen molar-refractivity contribution in [2.45, 2.75) is 32.2 Å². The van der Waals surface area contributed by atoms with Gasteiger partial charge in [-0.2, -0.15) is 0 Å². The second-order valence-electron chi connectivity index (χ2n) is 6.42. The zero-order chi connectivity index (χ0) is 18.5. The fourth-order valence-corrected chi connectivity index (χ4v) is 3.23. The molecule has 5 heteroatoms. The van der Waals surface area contributed by atoms with Gasteiger partial charge >= 0.3 is 0 Å². The summed E-state index contributed by atoms with van der Waals surface area (Å²) in [5.74, 6) is 0.502. The molecule has 26 heavy (non-hydrogen) atoms. The minimum absolute atomic E-state index is 0.0833. The summed E-state index contributed by atoms with van der Waals surface area (Å²) in [7, 11) is 1.60. The molecule has 0 aromatic heterocycles. The Morgan fingerprint density at radius 3 is 2.42 bits per heavy atom. The van der Waals surface area contributed by atoms with Crippen molar-refractivity contribution in [1.29, 1.82) is 0 Å². The third kappa shape index (κ3) is 3.87. The van der Waals surface area contributed by atoms with E-state index in [2.05, 4.69) is 12.2 Å². The molecule has 2 aromatic carbocycles. The van der Waals surface area contributed by atoms with Crippen LogP contribution in [0.2, 0.25) is 0 Å². The average molecular weight is 352 g/mol. The first-order chi connectivity index (χ1) is 12.6. The van der Waals surface area contributed by atoms with Gasteiger partial charge < -0.3 is 15.0 Å². The molecule has 1 heterocycles. The van der Waals surface area contributed by atoms with Crippen LogP contribution >= 0.6 is 0 Å². The van der Waals surface area contributed by atoms with Crippen molar-refractivity contribution in [1.82, 2.24) is 4.90 Å². The van der Waals surface area contributed by atoms with E-state index >= 15 is 0 Å². The number of anilines is 1. The maximum absolute atomic E-state index is 12.8. The standard InChI is InChI=1S/C21H24N2O3/c1-3-15-6-8-16(9-7-15)21(25)23-14-4-5-19(23)20(24)22-17-10-12-18(26-2)13-11-17/h6-13,19H,3-5,14H2,1-2H3,(H,22,24). The zero-order valence-corrected chi connectivity index (χ0v) is 15.2. The third-order valence-corrected chi connectivity index (χ3v) is 4.78. The zero-order valence-electron chi connectivity index (χ0n) is 15.2. The van der Waals surface area contributed by atoms with E-state index in [0.29, 0.717) is 24.2 Å². The Bertz CT molecular complexity index is 769. The Morgan fingerprint density at radius 1 is 1.12 bits per heavy atom. The van der Waals surface area contributed by atoms with Crippen molar-refractivity contribution < 1.29 is 14.3 Å². The van der Waals surface area contributed by atoms with Crippen molar-refractivity contribution in [3.8, 4) is 5.75 Å². The van der Waals surface area contributed by atoms with Gasteiger partial charge in [-0.1, -0.05) is 19.1 Å². The molecule has 0 saturated carbocycles. The topological polar surface area (TPSA) is 58.6 Å². The average Bonchev–Trinajstić information content (AvgIpc) is 3.18. The van der Waals surface area contributed by atoms with E-state index in [1.54, 1.807) is 36.3 Å². The Morgan fingerprint density at radius 2 is 1.81 bits per heavy atom. The van der Waals surface area contributed by atoms with Crippen molar-refractivity contribution in [2.75, 3.05) is 19.0 Å². The van der Waals surface area contributed by atoms with Gasteiger partial charge in [0.05, 0.1) is 7.11 Å². The number of likely N-dealkylation sites (tertiary alicyclic amines) is 1. The molecule has 3 rings (SSSR count). The van der Waals surface area contributed by atoms with E-state index in [0.717, 1.165) is 18.6 Å².